The van der Waals surface area contributed by atoms with Gasteiger partial charge in [-0.1, -0.05) is 43.0 Å². The number of imidazole rings is 1. The zero-order valence-electron chi connectivity index (χ0n) is 21.3. The quantitative estimate of drug-likeness (QED) is 0.229. The summed E-state index contributed by atoms with van der Waals surface area (Å²) in [4.78, 5) is 26.4. The second-order valence-electron chi connectivity index (χ2n) is 9.38. The summed E-state index contributed by atoms with van der Waals surface area (Å²) >= 11 is 0. The van der Waals surface area contributed by atoms with Crippen molar-refractivity contribution in [2.75, 3.05) is 5.32 Å². The third-order valence-corrected chi connectivity index (χ3v) is 6.58. The fourth-order valence-electron chi connectivity index (χ4n) is 4.72. The summed E-state index contributed by atoms with van der Waals surface area (Å²) in [6.45, 7) is 4.18. The van der Waals surface area contributed by atoms with Gasteiger partial charge in [-0.15, -0.1) is 0 Å². The minimum atomic E-state index is 0.576. The van der Waals surface area contributed by atoms with Crippen molar-refractivity contribution in [2.45, 2.75) is 6.42 Å². The maximum absolute atomic E-state index is 4.94. The molecule has 0 saturated heterocycles. The first-order valence-electron chi connectivity index (χ1n) is 12.8. The highest BCUT2D eigenvalue weighted by Gasteiger charge is 2.17. The summed E-state index contributed by atoms with van der Waals surface area (Å²) in [5.74, 6) is 0.576. The molecule has 192 valence electrons. The molecule has 0 aliphatic heterocycles. The molecule has 9 nitrogen and oxygen atoms in total. The number of aromatic nitrogens is 8. The lowest BCUT2D eigenvalue weighted by Gasteiger charge is -2.11. The average molecular weight is 522 g/mol. The first kappa shape index (κ1) is 23.4. The van der Waals surface area contributed by atoms with Crippen molar-refractivity contribution in [1.29, 1.82) is 0 Å². The van der Waals surface area contributed by atoms with Crippen molar-refractivity contribution in [1.82, 2.24) is 40.1 Å². The minimum absolute atomic E-state index is 0.576. The van der Waals surface area contributed by atoms with Crippen LogP contribution >= 0.6 is 0 Å². The monoisotopic (exact) mass is 521 g/mol. The van der Waals surface area contributed by atoms with Crippen LogP contribution in [-0.2, 0) is 6.42 Å². The second-order valence-corrected chi connectivity index (χ2v) is 9.38. The van der Waals surface area contributed by atoms with Gasteiger partial charge in [-0.05, 0) is 42.0 Å². The van der Waals surface area contributed by atoms with E-state index in [-0.39, 0.29) is 0 Å². The van der Waals surface area contributed by atoms with Crippen LogP contribution in [-0.4, -0.2) is 40.1 Å². The molecule has 0 bridgehead atoms. The predicted octanol–water partition coefficient (Wildman–Crippen LogP) is 6.19. The van der Waals surface area contributed by atoms with Gasteiger partial charge in [-0.3, -0.25) is 15.1 Å². The number of pyridine rings is 4. The van der Waals surface area contributed by atoms with E-state index in [2.05, 4.69) is 54.2 Å². The topological polar surface area (TPSA) is 121 Å². The van der Waals surface area contributed by atoms with Gasteiger partial charge in [0.2, 0.25) is 0 Å². The van der Waals surface area contributed by atoms with Gasteiger partial charge in [0.1, 0.15) is 5.52 Å². The lowest BCUT2D eigenvalue weighted by molar-refractivity contribution is 1.10. The molecule has 0 saturated carbocycles. The van der Waals surface area contributed by atoms with Crippen molar-refractivity contribution in [3.05, 3.63) is 115 Å². The molecule has 0 amide bonds. The van der Waals surface area contributed by atoms with Gasteiger partial charge in [-0.25, -0.2) is 15.0 Å². The summed E-state index contributed by atoms with van der Waals surface area (Å²) in [7, 11) is 0. The van der Waals surface area contributed by atoms with E-state index in [1.807, 2.05) is 60.7 Å². The van der Waals surface area contributed by atoms with Crippen LogP contribution in [0.15, 0.2) is 110 Å². The van der Waals surface area contributed by atoms with Gasteiger partial charge in [-0.2, -0.15) is 5.10 Å². The maximum atomic E-state index is 4.94. The zero-order chi connectivity index (χ0) is 26.9. The molecular formula is C31H23N9. The van der Waals surface area contributed by atoms with Gasteiger partial charge >= 0.3 is 0 Å². The molecule has 0 aliphatic rings. The number of rotatable bonds is 7. The maximum Gasteiger partial charge on any atom is 0.178 e. The van der Waals surface area contributed by atoms with E-state index in [0.29, 0.717) is 22.7 Å². The second kappa shape index (κ2) is 9.88. The van der Waals surface area contributed by atoms with E-state index in [1.54, 1.807) is 24.8 Å². The fourth-order valence-corrected chi connectivity index (χ4v) is 4.72. The normalized spacial score (nSPS) is 11.2. The van der Waals surface area contributed by atoms with Crippen LogP contribution in [0.5, 0.6) is 0 Å². The van der Waals surface area contributed by atoms with E-state index in [4.69, 9.17) is 9.97 Å². The molecule has 9 heteroatoms. The van der Waals surface area contributed by atoms with Gasteiger partial charge in [0.15, 0.2) is 17.2 Å². The molecule has 3 N–H and O–H groups in total. The standard InChI is InChI=1S/C31H23N9/c1-19(15-20-7-3-2-4-8-20)35-22-16-21(17-32-18-22)24-10-11-26-28(36-24)29(40-39-26)31-37-27-23(12-14-34-30(27)38-31)25-9-5-6-13-33-25/h2-14,16-18,35H,1,15H2,(H,39,40)(H,34,37,38). The minimum Gasteiger partial charge on any atom is -0.358 e. The van der Waals surface area contributed by atoms with Crippen LogP contribution in [0.1, 0.15) is 5.56 Å². The summed E-state index contributed by atoms with van der Waals surface area (Å²) in [5, 5.41) is 11.0. The number of nitrogens with zero attached hydrogens (tertiary/aromatic N) is 6. The van der Waals surface area contributed by atoms with Crippen LogP contribution in [0.25, 0.3) is 56.2 Å². The summed E-state index contributed by atoms with van der Waals surface area (Å²) in [6, 6.07) is 23.9. The Kier molecular flexibility index (Phi) is 5.78. The lowest BCUT2D eigenvalue weighted by Crippen LogP contribution is -2.02. The van der Waals surface area contributed by atoms with Crippen molar-refractivity contribution in [3.8, 4) is 34.0 Å². The molecule has 40 heavy (non-hydrogen) atoms. The predicted molar refractivity (Wildman–Crippen MR) is 156 cm³/mol. The molecule has 0 unspecified atom stereocenters. The molecule has 0 atom stereocenters. The Bertz CT molecular complexity index is 1980. The number of fused-ring (bicyclic) bond motifs is 2. The Morgan fingerprint density at radius 1 is 0.850 bits per heavy atom. The van der Waals surface area contributed by atoms with E-state index in [1.165, 1.54) is 5.56 Å². The molecule has 7 aromatic rings. The van der Waals surface area contributed by atoms with Crippen molar-refractivity contribution < 1.29 is 0 Å². The Morgan fingerprint density at radius 3 is 2.62 bits per heavy atom. The van der Waals surface area contributed by atoms with Gasteiger partial charge in [0, 0.05) is 41.8 Å². The Morgan fingerprint density at radius 2 is 1.75 bits per heavy atom. The number of H-pyrrole nitrogens is 2. The smallest absolute Gasteiger partial charge is 0.178 e. The van der Waals surface area contributed by atoms with Crippen molar-refractivity contribution in [2.24, 2.45) is 0 Å². The molecule has 1 aromatic carbocycles. The largest absolute Gasteiger partial charge is 0.358 e. The molecule has 6 aromatic heterocycles. The van der Waals surface area contributed by atoms with E-state index in [0.717, 1.165) is 51.4 Å². The SMILES string of the molecule is C=C(Cc1ccccc1)Nc1cncc(-c2ccc3[nH]nc(-c4nc5nccc(-c6ccccn6)c5[nH]4)c3n2)c1. The molecule has 0 radical (unpaired) electrons. The number of hydrogen-bond acceptors (Lipinski definition) is 7. The summed E-state index contributed by atoms with van der Waals surface area (Å²) < 4.78 is 0. The van der Waals surface area contributed by atoms with Crippen molar-refractivity contribution in [3.63, 3.8) is 0 Å². The lowest BCUT2D eigenvalue weighted by atomic mass is 10.1. The van der Waals surface area contributed by atoms with Crippen LogP contribution in [0.4, 0.5) is 5.69 Å². The number of aromatic amines is 2. The van der Waals surface area contributed by atoms with Crippen molar-refractivity contribution >= 4 is 27.9 Å². The number of benzene rings is 1. The van der Waals surface area contributed by atoms with Gasteiger partial charge in [0.05, 0.1) is 34.3 Å². The van der Waals surface area contributed by atoms with E-state index < -0.39 is 0 Å². The number of hydrogen-bond donors (Lipinski definition) is 3. The summed E-state index contributed by atoms with van der Waals surface area (Å²) in [5.41, 5.74) is 9.81. The highest BCUT2D eigenvalue weighted by atomic mass is 15.2. The Balaban J connectivity index is 1.21. The number of anilines is 1. The fraction of sp³-hybridized carbons (Fsp3) is 0.0323. The number of allylic oxidation sites excluding steroid dienone is 1. The highest BCUT2D eigenvalue weighted by molar-refractivity contribution is 5.94. The highest BCUT2D eigenvalue weighted by Crippen LogP contribution is 2.30. The molecular weight excluding hydrogens is 498 g/mol. The van der Waals surface area contributed by atoms with Crippen LogP contribution in [0.3, 0.4) is 0 Å². The van der Waals surface area contributed by atoms with E-state index in [9.17, 15) is 0 Å². The van der Waals surface area contributed by atoms with Crippen LogP contribution in [0.2, 0.25) is 0 Å². The first-order valence-corrected chi connectivity index (χ1v) is 12.8. The average Bonchev–Trinajstić information content (AvgIpc) is 3.62. The molecule has 0 aliphatic carbocycles. The third-order valence-electron chi connectivity index (χ3n) is 6.58. The zero-order valence-corrected chi connectivity index (χ0v) is 21.3. The molecule has 0 fully saturated rings. The van der Waals surface area contributed by atoms with Crippen LogP contribution in [0, 0.1) is 0 Å². The third kappa shape index (κ3) is 4.45. The molecule has 0 spiro atoms. The van der Waals surface area contributed by atoms with E-state index >= 15 is 0 Å². The van der Waals surface area contributed by atoms with Crippen LogP contribution < -0.4 is 5.32 Å². The molecule has 6 heterocycles. The molecule has 7 rings (SSSR count). The Labute approximate surface area is 229 Å². The Hall–Kier alpha value is -5.70. The first-order chi connectivity index (χ1) is 19.7. The van der Waals surface area contributed by atoms with Gasteiger partial charge in [0.25, 0.3) is 0 Å². The van der Waals surface area contributed by atoms with Gasteiger partial charge < -0.3 is 10.3 Å². The number of nitrogens with one attached hydrogen (secondary N) is 3. The summed E-state index contributed by atoms with van der Waals surface area (Å²) in [6.07, 6.45) is 7.80.